The molecular formula is C11H13N5O2. The van der Waals surface area contributed by atoms with Crippen LogP contribution in [-0.4, -0.2) is 22.5 Å². The topological polar surface area (TPSA) is 101 Å². The molecule has 0 fully saturated rings. The third-order valence-corrected chi connectivity index (χ3v) is 2.04. The van der Waals surface area contributed by atoms with Crippen LogP contribution in [0, 0.1) is 13.8 Å². The molecule has 0 N–H and O–H groups in total. The van der Waals surface area contributed by atoms with Crippen molar-refractivity contribution in [2.24, 2.45) is 5.11 Å². The maximum atomic E-state index is 11.2. The van der Waals surface area contributed by atoms with Gasteiger partial charge in [-0.15, -0.1) is 0 Å². The smallest absolute Gasteiger partial charge is 0.330 e. The Morgan fingerprint density at radius 2 is 2.22 bits per heavy atom. The summed E-state index contributed by atoms with van der Waals surface area (Å²) < 4.78 is 4.76. The fraction of sp³-hybridized carbons (Fsp3) is 0.364. The van der Waals surface area contributed by atoms with Crippen molar-refractivity contribution in [3.8, 4) is 0 Å². The quantitative estimate of drug-likeness (QED) is 0.268. The molecule has 0 aliphatic rings. The molecule has 0 atom stereocenters. The summed E-state index contributed by atoms with van der Waals surface area (Å²) in [6.45, 7) is 5.46. The molecule has 0 spiro atoms. The van der Waals surface area contributed by atoms with Crippen LogP contribution in [0.25, 0.3) is 16.5 Å². The van der Waals surface area contributed by atoms with E-state index in [-0.39, 0.29) is 5.82 Å². The number of aromatic nitrogens is 2. The second-order valence-corrected chi connectivity index (χ2v) is 3.37. The minimum atomic E-state index is -0.468. The van der Waals surface area contributed by atoms with Crippen LogP contribution in [0.5, 0.6) is 0 Å². The summed E-state index contributed by atoms with van der Waals surface area (Å²) in [5, 5.41) is 3.48. The summed E-state index contributed by atoms with van der Waals surface area (Å²) in [5.74, 6) is 0.232. The Balaban J connectivity index is 3.14. The lowest BCUT2D eigenvalue weighted by molar-refractivity contribution is -0.137. The largest absolute Gasteiger partial charge is 0.463 e. The Kier molecular flexibility index (Phi) is 4.83. The number of carbonyl (C=O) groups is 1. The molecule has 0 radical (unpaired) electrons. The average molecular weight is 247 g/mol. The summed E-state index contributed by atoms with van der Waals surface area (Å²) in [4.78, 5) is 22.1. The van der Waals surface area contributed by atoms with Gasteiger partial charge in [0.15, 0.2) is 0 Å². The predicted molar refractivity (Wildman–Crippen MR) is 66.0 cm³/mol. The second-order valence-electron chi connectivity index (χ2n) is 3.37. The van der Waals surface area contributed by atoms with E-state index in [1.807, 2.05) is 0 Å². The lowest BCUT2D eigenvalue weighted by Gasteiger charge is -2.04. The Hall–Kier alpha value is -2.40. The zero-order valence-electron chi connectivity index (χ0n) is 10.4. The number of azide groups is 1. The summed E-state index contributed by atoms with van der Waals surface area (Å²) in [5.41, 5.74) is 9.61. The van der Waals surface area contributed by atoms with Gasteiger partial charge in [-0.3, -0.25) is 0 Å². The molecule has 1 heterocycles. The molecule has 7 heteroatoms. The SMILES string of the molecule is CCOC(=O)/C=C/c1c(C)nc(C)nc1N=[N+]=[N-]. The monoisotopic (exact) mass is 247 g/mol. The molecule has 0 bridgehead atoms. The van der Waals surface area contributed by atoms with Crippen LogP contribution in [0.3, 0.4) is 0 Å². The van der Waals surface area contributed by atoms with E-state index in [4.69, 9.17) is 10.3 Å². The molecule has 1 aromatic heterocycles. The van der Waals surface area contributed by atoms with Gasteiger partial charge in [0.05, 0.1) is 6.61 Å². The van der Waals surface area contributed by atoms with Crippen LogP contribution in [0.15, 0.2) is 11.2 Å². The number of rotatable bonds is 4. The second kappa shape index (κ2) is 6.36. The van der Waals surface area contributed by atoms with Crippen molar-refractivity contribution >= 4 is 17.9 Å². The van der Waals surface area contributed by atoms with E-state index in [0.29, 0.717) is 23.7 Å². The molecule has 0 aromatic carbocycles. The summed E-state index contributed by atoms with van der Waals surface area (Å²) in [6.07, 6.45) is 2.73. The van der Waals surface area contributed by atoms with Gasteiger partial charge in [0.25, 0.3) is 0 Å². The highest BCUT2D eigenvalue weighted by Gasteiger charge is 2.06. The molecule has 7 nitrogen and oxygen atoms in total. The van der Waals surface area contributed by atoms with E-state index < -0.39 is 5.97 Å². The van der Waals surface area contributed by atoms with Crippen LogP contribution in [0.4, 0.5) is 5.82 Å². The van der Waals surface area contributed by atoms with Gasteiger partial charge in [0.2, 0.25) is 0 Å². The van der Waals surface area contributed by atoms with Gasteiger partial charge < -0.3 is 4.74 Å². The maximum Gasteiger partial charge on any atom is 0.330 e. The first-order chi connectivity index (χ1) is 8.58. The summed E-state index contributed by atoms with van der Waals surface area (Å²) in [6, 6.07) is 0. The zero-order valence-corrected chi connectivity index (χ0v) is 10.4. The van der Waals surface area contributed by atoms with Gasteiger partial charge in [-0.2, -0.15) is 0 Å². The third kappa shape index (κ3) is 3.57. The number of carbonyl (C=O) groups excluding carboxylic acids is 1. The van der Waals surface area contributed by atoms with Crippen LogP contribution < -0.4 is 0 Å². The van der Waals surface area contributed by atoms with Crippen molar-refractivity contribution in [1.29, 1.82) is 0 Å². The first kappa shape index (κ1) is 13.7. The molecule has 0 aliphatic heterocycles. The number of esters is 1. The third-order valence-electron chi connectivity index (χ3n) is 2.04. The Bertz CT molecular complexity index is 532. The van der Waals surface area contributed by atoms with Crippen LogP contribution >= 0.6 is 0 Å². The van der Waals surface area contributed by atoms with Gasteiger partial charge in [0, 0.05) is 22.2 Å². The van der Waals surface area contributed by atoms with Crippen LogP contribution in [-0.2, 0) is 9.53 Å². The number of ether oxygens (including phenoxy) is 1. The highest BCUT2D eigenvalue weighted by atomic mass is 16.5. The predicted octanol–water partition coefficient (Wildman–Crippen LogP) is 2.61. The van der Waals surface area contributed by atoms with Crippen molar-refractivity contribution in [3.05, 3.63) is 33.6 Å². The van der Waals surface area contributed by atoms with Gasteiger partial charge in [0.1, 0.15) is 11.6 Å². The van der Waals surface area contributed by atoms with Crippen molar-refractivity contribution in [2.45, 2.75) is 20.8 Å². The van der Waals surface area contributed by atoms with Gasteiger partial charge in [-0.25, -0.2) is 14.8 Å². The molecule has 0 saturated heterocycles. The molecule has 1 aromatic rings. The first-order valence-corrected chi connectivity index (χ1v) is 5.33. The lowest BCUT2D eigenvalue weighted by atomic mass is 10.2. The molecule has 18 heavy (non-hydrogen) atoms. The van der Waals surface area contributed by atoms with Gasteiger partial charge in [-0.05, 0) is 37.5 Å². The van der Waals surface area contributed by atoms with Crippen molar-refractivity contribution < 1.29 is 9.53 Å². The molecular weight excluding hydrogens is 234 g/mol. The maximum absolute atomic E-state index is 11.2. The fourth-order valence-electron chi connectivity index (χ4n) is 1.36. The van der Waals surface area contributed by atoms with Crippen LogP contribution in [0.1, 0.15) is 24.0 Å². The standard InChI is InChI=1S/C11H13N5O2/c1-4-18-10(17)6-5-9-7(2)13-8(3)14-11(9)15-16-12/h5-6H,4H2,1-3H3/b6-5+. The Morgan fingerprint density at radius 1 is 1.50 bits per heavy atom. The molecule has 94 valence electrons. The molecule has 0 aliphatic carbocycles. The zero-order chi connectivity index (χ0) is 13.5. The normalized spacial score (nSPS) is 10.2. The lowest BCUT2D eigenvalue weighted by Crippen LogP contribution is -2.00. The van der Waals surface area contributed by atoms with Crippen molar-refractivity contribution in [3.63, 3.8) is 0 Å². The van der Waals surface area contributed by atoms with E-state index in [0.717, 1.165) is 0 Å². The number of hydrogen-bond acceptors (Lipinski definition) is 5. The Morgan fingerprint density at radius 3 is 2.83 bits per heavy atom. The van der Waals surface area contributed by atoms with Crippen molar-refractivity contribution in [1.82, 2.24) is 9.97 Å². The van der Waals surface area contributed by atoms with Crippen molar-refractivity contribution in [2.75, 3.05) is 6.61 Å². The molecule has 0 unspecified atom stereocenters. The summed E-state index contributed by atoms with van der Waals surface area (Å²) >= 11 is 0. The number of hydrogen-bond donors (Lipinski definition) is 0. The minimum Gasteiger partial charge on any atom is -0.463 e. The highest BCUT2D eigenvalue weighted by Crippen LogP contribution is 2.21. The number of nitrogens with zero attached hydrogens (tertiary/aromatic N) is 5. The van der Waals surface area contributed by atoms with E-state index >= 15 is 0 Å². The van der Waals surface area contributed by atoms with E-state index in [1.165, 1.54) is 12.2 Å². The first-order valence-electron chi connectivity index (χ1n) is 5.33. The molecule has 0 saturated carbocycles. The Labute approximate surface area is 104 Å². The molecule has 1 rings (SSSR count). The fourth-order valence-corrected chi connectivity index (χ4v) is 1.36. The van der Waals surface area contributed by atoms with Gasteiger partial charge >= 0.3 is 5.97 Å². The van der Waals surface area contributed by atoms with E-state index in [2.05, 4.69) is 20.0 Å². The average Bonchev–Trinajstić information content (AvgIpc) is 2.28. The minimum absolute atomic E-state index is 0.197. The number of aryl methyl sites for hydroxylation is 2. The van der Waals surface area contributed by atoms with E-state index in [1.54, 1.807) is 20.8 Å². The summed E-state index contributed by atoms with van der Waals surface area (Å²) in [7, 11) is 0. The van der Waals surface area contributed by atoms with E-state index in [9.17, 15) is 4.79 Å². The van der Waals surface area contributed by atoms with Crippen LogP contribution in [0.2, 0.25) is 0 Å². The van der Waals surface area contributed by atoms with Gasteiger partial charge in [-0.1, -0.05) is 0 Å². The highest BCUT2D eigenvalue weighted by molar-refractivity contribution is 5.88. The molecule has 0 amide bonds.